The molecule has 2 aliphatic carbocycles. The summed E-state index contributed by atoms with van der Waals surface area (Å²) in [4.78, 5) is 82.1. The molecule has 1 spiro atoms. The summed E-state index contributed by atoms with van der Waals surface area (Å²) in [5, 5.41) is 13.0. The van der Waals surface area contributed by atoms with Gasteiger partial charge in [-0.15, -0.1) is 0 Å². The molecule has 1 aromatic heterocycles. The fraction of sp³-hybridized carbons (Fsp3) is 0.610. The van der Waals surface area contributed by atoms with Gasteiger partial charge in [-0.25, -0.2) is 9.59 Å². The Bertz CT molecular complexity index is 1780. The minimum atomic E-state index is -2.37. The predicted octanol–water partition coefficient (Wildman–Crippen LogP) is 4.76. The summed E-state index contributed by atoms with van der Waals surface area (Å²) in [6.07, 6.45) is -6.91. The van der Waals surface area contributed by atoms with Crippen LogP contribution in [0, 0.1) is 23.2 Å². The first kappa shape index (κ1) is 42.4. The molecule has 3 aliphatic rings. The molecule has 5 rings (SSSR count). The van der Waals surface area contributed by atoms with E-state index in [2.05, 4.69) is 0 Å². The van der Waals surface area contributed by atoms with Crippen molar-refractivity contribution in [1.29, 1.82) is 0 Å². The number of benzene rings is 1. The Morgan fingerprint density at radius 1 is 0.768 bits per heavy atom. The van der Waals surface area contributed by atoms with Crippen LogP contribution in [0.3, 0.4) is 0 Å². The van der Waals surface area contributed by atoms with Crippen LogP contribution in [0.5, 0.6) is 0 Å². The third kappa shape index (κ3) is 7.31. The maximum atomic E-state index is 14.2. The number of furan rings is 1. The van der Waals surface area contributed by atoms with Gasteiger partial charge in [0.2, 0.25) is 5.76 Å². The van der Waals surface area contributed by atoms with E-state index in [-0.39, 0.29) is 11.3 Å². The second-order valence-electron chi connectivity index (χ2n) is 15.8. The van der Waals surface area contributed by atoms with Crippen molar-refractivity contribution in [3.05, 3.63) is 60.1 Å². The molecule has 1 aliphatic heterocycles. The van der Waals surface area contributed by atoms with Crippen LogP contribution in [0.1, 0.15) is 102 Å². The first-order valence-electron chi connectivity index (χ1n) is 18.9. The van der Waals surface area contributed by atoms with Gasteiger partial charge < -0.3 is 42.7 Å². The van der Waals surface area contributed by atoms with Gasteiger partial charge in [0.05, 0.1) is 40.8 Å². The number of hydrogen-bond donors (Lipinski definition) is 1. The first-order chi connectivity index (χ1) is 26.3. The van der Waals surface area contributed by atoms with Crippen LogP contribution < -0.4 is 0 Å². The number of carbonyl (C=O) groups is 6. The van der Waals surface area contributed by atoms with E-state index < -0.39 is 119 Å². The number of hydrogen-bond acceptors (Lipinski definition) is 15. The number of aliphatic hydroxyl groups is 1. The molecule has 0 amide bonds. The SMILES string of the molecule is CC[C@@H](C)C(=O)OC[C@]12[C@@H](OC(=O)[C@H](C)CC)[C@H](OC(=O)c3ccccc3)[C@@H]3[C@@H](OC(C)=O)[C@]1(OC3(C)C)[C@@](C)(O)C[C@H](OC(C)=O)[C@@H]2OC(=O)c1ccco1. The maximum absolute atomic E-state index is 14.2. The van der Waals surface area contributed by atoms with Crippen LogP contribution in [-0.4, -0.2) is 94.9 Å². The third-order valence-corrected chi connectivity index (χ3v) is 11.6. The lowest BCUT2D eigenvalue weighted by Crippen LogP contribution is -2.85. The van der Waals surface area contributed by atoms with Gasteiger partial charge in [-0.05, 0) is 57.9 Å². The second kappa shape index (κ2) is 16.0. The van der Waals surface area contributed by atoms with Crippen molar-refractivity contribution in [2.75, 3.05) is 6.61 Å². The van der Waals surface area contributed by atoms with E-state index in [1.54, 1.807) is 59.7 Å². The fourth-order valence-corrected chi connectivity index (χ4v) is 8.71. The molecule has 11 atom stereocenters. The van der Waals surface area contributed by atoms with E-state index >= 15 is 0 Å². The Labute approximate surface area is 325 Å². The van der Waals surface area contributed by atoms with Crippen molar-refractivity contribution in [3.8, 4) is 0 Å². The van der Waals surface area contributed by atoms with E-state index in [1.165, 1.54) is 37.5 Å². The largest absolute Gasteiger partial charge is 0.464 e. The number of fused-ring (bicyclic) bond motifs is 1. The van der Waals surface area contributed by atoms with Crippen LogP contribution in [0.15, 0.2) is 53.1 Å². The molecular formula is C41H52O15. The highest BCUT2D eigenvalue weighted by Crippen LogP contribution is 2.69. The van der Waals surface area contributed by atoms with E-state index in [4.69, 9.17) is 37.6 Å². The lowest BCUT2D eigenvalue weighted by atomic mass is 9.45. The summed E-state index contributed by atoms with van der Waals surface area (Å²) in [6.45, 7) is 12.8. The Morgan fingerprint density at radius 3 is 1.96 bits per heavy atom. The standard InChI is InChI=1S/C41H52O15/c1-10-22(3)34(44)50-21-40-31(54-37(47)27-18-15-19-49-27)28(51-24(5)42)20-39(9,48)41(40)32(52-25(6)43)29(38(7,8)56-41)30(33(40)55-35(45)23(4)11-2)53-36(46)26-16-13-12-14-17-26/h12-19,22-23,28-33,48H,10-11,20-21H2,1-9H3/t22-,23-,28+,29-,30-,31+,32-,33+,39+,40+,41+/m1/s1. The highest BCUT2D eigenvalue weighted by molar-refractivity contribution is 5.89. The molecule has 2 bridgehead atoms. The molecule has 0 radical (unpaired) electrons. The Balaban J connectivity index is 1.92. The van der Waals surface area contributed by atoms with Crippen molar-refractivity contribution in [1.82, 2.24) is 0 Å². The molecule has 1 saturated heterocycles. The fourth-order valence-electron chi connectivity index (χ4n) is 8.71. The molecule has 1 N–H and O–H groups in total. The second-order valence-corrected chi connectivity index (χ2v) is 15.8. The first-order valence-corrected chi connectivity index (χ1v) is 18.9. The molecular weight excluding hydrogens is 732 g/mol. The zero-order valence-electron chi connectivity index (χ0n) is 33.2. The Kier molecular flexibility index (Phi) is 12.1. The lowest BCUT2D eigenvalue weighted by Gasteiger charge is -2.66. The Hall–Kier alpha value is -4.76. The summed E-state index contributed by atoms with van der Waals surface area (Å²) < 4.78 is 49.5. The molecule has 2 heterocycles. The average molecular weight is 785 g/mol. The Morgan fingerprint density at radius 2 is 1.39 bits per heavy atom. The minimum Gasteiger partial charge on any atom is -0.464 e. The van der Waals surface area contributed by atoms with E-state index in [9.17, 15) is 33.9 Å². The van der Waals surface area contributed by atoms with Crippen molar-refractivity contribution >= 4 is 35.8 Å². The number of ether oxygens (including phenoxy) is 7. The maximum Gasteiger partial charge on any atom is 0.374 e. The minimum absolute atomic E-state index is 0.114. The van der Waals surface area contributed by atoms with Crippen LogP contribution in [0.25, 0.3) is 0 Å². The van der Waals surface area contributed by atoms with Gasteiger partial charge in [-0.1, -0.05) is 45.9 Å². The van der Waals surface area contributed by atoms with Crippen molar-refractivity contribution in [2.24, 2.45) is 23.2 Å². The van der Waals surface area contributed by atoms with Gasteiger partial charge >= 0.3 is 35.8 Å². The predicted molar refractivity (Wildman–Crippen MR) is 193 cm³/mol. The van der Waals surface area contributed by atoms with Gasteiger partial charge in [0, 0.05) is 20.3 Å². The molecule has 2 saturated carbocycles. The van der Waals surface area contributed by atoms with Crippen molar-refractivity contribution < 1.29 is 71.4 Å². The number of rotatable bonds is 13. The molecule has 3 fully saturated rings. The molecule has 306 valence electrons. The van der Waals surface area contributed by atoms with Crippen LogP contribution in [0.4, 0.5) is 0 Å². The summed E-state index contributed by atoms with van der Waals surface area (Å²) in [5.74, 6) is -7.98. The van der Waals surface area contributed by atoms with Gasteiger partial charge in [-0.2, -0.15) is 0 Å². The summed E-state index contributed by atoms with van der Waals surface area (Å²) in [7, 11) is 0. The molecule has 15 nitrogen and oxygen atoms in total. The number of esters is 6. The van der Waals surface area contributed by atoms with E-state index in [1.807, 2.05) is 0 Å². The van der Waals surface area contributed by atoms with E-state index in [0.29, 0.717) is 12.8 Å². The quantitative estimate of drug-likeness (QED) is 0.215. The van der Waals surface area contributed by atoms with Crippen molar-refractivity contribution in [3.63, 3.8) is 0 Å². The van der Waals surface area contributed by atoms with Crippen LogP contribution >= 0.6 is 0 Å². The van der Waals surface area contributed by atoms with Gasteiger partial charge in [0.1, 0.15) is 30.3 Å². The van der Waals surface area contributed by atoms with Crippen molar-refractivity contribution in [2.45, 2.75) is 129 Å². The van der Waals surface area contributed by atoms with Gasteiger partial charge in [-0.3, -0.25) is 19.2 Å². The van der Waals surface area contributed by atoms with Crippen LogP contribution in [0.2, 0.25) is 0 Å². The third-order valence-electron chi connectivity index (χ3n) is 11.6. The summed E-state index contributed by atoms with van der Waals surface area (Å²) in [6, 6.07) is 10.7. The zero-order valence-corrected chi connectivity index (χ0v) is 33.2. The average Bonchev–Trinajstić information content (AvgIpc) is 3.75. The molecule has 0 unspecified atom stereocenters. The molecule has 1 aromatic carbocycles. The van der Waals surface area contributed by atoms with Gasteiger partial charge in [0.25, 0.3) is 0 Å². The van der Waals surface area contributed by atoms with Gasteiger partial charge in [0.15, 0.2) is 17.8 Å². The topological polar surface area (TPSA) is 200 Å². The van der Waals surface area contributed by atoms with E-state index in [0.717, 1.165) is 13.8 Å². The highest BCUT2D eigenvalue weighted by Gasteiger charge is 2.89. The molecule has 56 heavy (non-hydrogen) atoms. The smallest absolute Gasteiger partial charge is 0.374 e. The normalized spacial score (nSPS) is 32.5. The lowest BCUT2D eigenvalue weighted by molar-refractivity contribution is -0.363. The zero-order chi connectivity index (χ0) is 41.4. The summed E-state index contributed by atoms with van der Waals surface area (Å²) in [5.41, 5.74) is -8.25. The van der Waals surface area contributed by atoms with Crippen LogP contribution in [-0.2, 0) is 52.3 Å². The summed E-state index contributed by atoms with van der Waals surface area (Å²) >= 11 is 0. The number of carbonyl (C=O) groups excluding carboxylic acids is 6. The monoisotopic (exact) mass is 784 g/mol. The highest BCUT2D eigenvalue weighted by atomic mass is 16.7. The molecule has 2 aromatic rings. The molecule has 15 heteroatoms.